The number of nitrogens with zero attached hydrogens (tertiary/aromatic N) is 2. The van der Waals surface area contributed by atoms with E-state index in [9.17, 15) is 9.59 Å². The van der Waals surface area contributed by atoms with Gasteiger partial charge in [0.25, 0.3) is 0 Å². The van der Waals surface area contributed by atoms with Crippen LogP contribution in [0.2, 0.25) is 0 Å². The Bertz CT molecular complexity index is 242. The summed E-state index contributed by atoms with van der Waals surface area (Å²) in [7, 11) is 0. The lowest BCUT2D eigenvalue weighted by Gasteiger charge is -2.31. The normalized spacial score (nSPS) is 22.0. The molecular weight excluding hydrogens is 208 g/mol. The molecular formula is C10H18N4O2. The molecule has 0 aromatic carbocycles. The van der Waals surface area contributed by atoms with Gasteiger partial charge in [0.1, 0.15) is 0 Å². The van der Waals surface area contributed by atoms with E-state index in [4.69, 9.17) is 0 Å². The van der Waals surface area contributed by atoms with Crippen molar-refractivity contribution in [2.24, 2.45) is 0 Å². The van der Waals surface area contributed by atoms with Gasteiger partial charge in [0.2, 0.25) is 0 Å². The van der Waals surface area contributed by atoms with Crippen LogP contribution in [-0.4, -0.2) is 74.0 Å². The first-order valence-corrected chi connectivity index (χ1v) is 5.78. The lowest BCUT2D eigenvalue weighted by molar-refractivity contribution is -0.152. The smallest absolute Gasteiger partial charge is 0.312 e. The van der Waals surface area contributed by atoms with Gasteiger partial charge in [-0.05, 0) is 0 Å². The minimum absolute atomic E-state index is 0.344. The zero-order chi connectivity index (χ0) is 11.4. The fourth-order valence-corrected chi connectivity index (χ4v) is 2.01. The van der Waals surface area contributed by atoms with Crippen molar-refractivity contribution in [2.75, 3.05) is 52.4 Å². The second-order valence-electron chi connectivity index (χ2n) is 4.08. The molecule has 2 amide bonds. The van der Waals surface area contributed by atoms with Gasteiger partial charge >= 0.3 is 11.8 Å². The van der Waals surface area contributed by atoms with Crippen molar-refractivity contribution in [1.82, 2.24) is 20.4 Å². The molecule has 0 spiro atoms. The fraction of sp³-hybridized carbons (Fsp3) is 0.800. The zero-order valence-corrected chi connectivity index (χ0v) is 9.37. The predicted molar refractivity (Wildman–Crippen MR) is 58.9 cm³/mol. The van der Waals surface area contributed by atoms with Gasteiger partial charge in [-0.1, -0.05) is 0 Å². The van der Waals surface area contributed by atoms with Crippen LogP contribution in [0.5, 0.6) is 0 Å². The molecule has 2 fully saturated rings. The van der Waals surface area contributed by atoms with E-state index in [0.29, 0.717) is 26.2 Å². The summed E-state index contributed by atoms with van der Waals surface area (Å²) in [5, 5.41) is 6.32. The third-order valence-electron chi connectivity index (χ3n) is 2.99. The maximum Gasteiger partial charge on any atom is 0.312 e. The average molecular weight is 226 g/mol. The molecule has 2 saturated heterocycles. The van der Waals surface area contributed by atoms with Crippen LogP contribution in [0.15, 0.2) is 0 Å². The van der Waals surface area contributed by atoms with E-state index < -0.39 is 0 Å². The van der Waals surface area contributed by atoms with Crippen molar-refractivity contribution < 1.29 is 9.59 Å². The molecule has 0 unspecified atom stereocenters. The molecule has 0 aromatic heterocycles. The van der Waals surface area contributed by atoms with Crippen LogP contribution in [0.1, 0.15) is 0 Å². The summed E-state index contributed by atoms with van der Waals surface area (Å²) >= 11 is 0. The molecule has 0 saturated carbocycles. The number of carbonyl (C=O) groups excluding carboxylic acids is 2. The van der Waals surface area contributed by atoms with E-state index in [1.165, 1.54) is 0 Å². The van der Waals surface area contributed by atoms with E-state index in [0.717, 1.165) is 26.2 Å². The fourth-order valence-electron chi connectivity index (χ4n) is 2.01. The molecule has 2 N–H and O–H groups in total. The number of carbonyl (C=O) groups is 2. The second kappa shape index (κ2) is 5.27. The largest absolute Gasteiger partial charge is 0.332 e. The van der Waals surface area contributed by atoms with Gasteiger partial charge in [-0.3, -0.25) is 9.59 Å². The van der Waals surface area contributed by atoms with E-state index in [-0.39, 0.29) is 11.8 Å². The maximum absolute atomic E-state index is 11.9. The highest BCUT2D eigenvalue weighted by Gasteiger charge is 2.28. The summed E-state index contributed by atoms with van der Waals surface area (Å²) in [5.74, 6) is -0.688. The summed E-state index contributed by atoms with van der Waals surface area (Å²) in [6.07, 6.45) is 0. The first kappa shape index (κ1) is 11.3. The molecule has 16 heavy (non-hydrogen) atoms. The summed E-state index contributed by atoms with van der Waals surface area (Å²) < 4.78 is 0. The topological polar surface area (TPSA) is 64.7 Å². The summed E-state index contributed by atoms with van der Waals surface area (Å²) in [4.78, 5) is 27.0. The van der Waals surface area contributed by atoms with Crippen LogP contribution < -0.4 is 10.6 Å². The van der Waals surface area contributed by atoms with Crippen molar-refractivity contribution in [3.63, 3.8) is 0 Å². The van der Waals surface area contributed by atoms with Gasteiger partial charge in [-0.2, -0.15) is 0 Å². The minimum atomic E-state index is -0.344. The monoisotopic (exact) mass is 226 g/mol. The molecule has 2 aliphatic rings. The van der Waals surface area contributed by atoms with Gasteiger partial charge in [-0.25, -0.2) is 0 Å². The van der Waals surface area contributed by atoms with Gasteiger partial charge in [-0.15, -0.1) is 0 Å². The molecule has 2 heterocycles. The molecule has 0 aromatic rings. The highest BCUT2D eigenvalue weighted by Crippen LogP contribution is 2.00. The Morgan fingerprint density at radius 1 is 0.688 bits per heavy atom. The molecule has 0 atom stereocenters. The Morgan fingerprint density at radius 2 is 1.00 bits per heavy atom. The number of hydrogen-bond acceptors (Lipinski definition) is 4. The minimum Gasteiger partial charge on any atom is -0.332 e. The van der Waals surface area contributed by atoms with Crippen LogP contribution >= 0.6 is 0 Å². The molecule has 0 aliphatic carbocycles. The molecule has 0 bridgehead atoms. The zero-order valence-electron chi connectivity index (χ0n) is 9.37. The molecule has 6 heteroatoms. The number of hydrogen-bond donors (Lipinski definition) is 2. The molecule has 90 valence electrons. The van der Waals surface area contributed by atoms with Gasteiger partial charge in [0.05, 0.1) is 0 Å². The maximum atomic E-state index is 11.9. The number of amides is 2. The van der Waals surface area contributed by atoms with Crippen molar-refractivity contribution >= 4 is 11.8 Å². The van der Waals surface area contributed by atoms with Crippen molar-refractivity contribution in [1.29, 1.82) is 0 Å². The van der Waals surface area contributed by atoms with Gasteiger partial charge in [0, 0.05) is 52.4 Å². The van der Waals surface area contributed by atoms with Crippen LogP contribution in [0.25, 0.3) is 0 Å². The quantitative estimate of drug-likeness (QED) is 0.462. The highest BCUT2D eigenvalue weighted by molar-refractivity contribution is 6.34. The summed E-state index contributed by atoms with van der Waals surface area (Å²) in [5.41, 5.74) is 0. The van der Waals surface area contributed by atoms with E-state index in [2.05, 4.69) is 10.6 Å². The van der Waals surface area contributed by atoms with Gasteiger partial charge < -0.3 is 20.4 Å². The van der Waals surface area contributed by atoms with Crippen molar-refractivity contribution in [3.05, 3.63) is 0 Å². The first-order chi connectivity index (χ1) is 7.79. The standard InChI is InChI=1S/C10H18N4O2/c15-9(13-5-1-11-2-6-13)10(16)14-7-3-12-4-8-14/h11-12H,1-8H2. The Morgan fingerprint density at radius 3 is 1.31 bits per heavy atom. The lowest BCUT2D eigenvalue weighted by atomic mass is 10.3. The molecule has 0 radical (unpaired) electrons. The SMILES string of the molecule is O=C(C(=O)N1CCNCC1)N1CCNCC1. The second-order valence-corrected chi connectivity index (χ2v) is 4.08. The van der Waals surface area contributed by atoms with Crippen LogP contribution in [-0.2, 0) is 9.59 Å². The third-order valence-corrected chi connectivity index (χ3v) is 2.99. The van der Waals surface area contributed by atoms with E-state index in [1.807, 2.05) is 0 Å². The summed E-state index contributed by atoms with van der Waals surface area (Å²) in [6.45, 7) is 5.66. The van der Waals surface area contributed by atoms with E-state index in [1.54, 1.807) is 9.80 Å². The molecule has 2 aliphatic heterocycles. The Kier molecular flexibility index (Phi) is 3.74. The molecule has 2 rings (SSSR count). The number of piperazine rings is 2. The van der Waals surface area contributed by atoms with Crippen molar-refractivity contribution in [3.8, 4) is 0 Å². The summed E-state index contributed by atoms with van der Waals surface area (Å²) in [6, 6.07) is 0. The van der Waals surface area contributed by atoms with Crippen LogP contribution in [0, 0.1) is 0 Å². The van der Waals surface area contributed by atoms with Gasteiger partial charge in [0.15, 0.2) is 0 Å². The van der Waals surface area contributed by atoms with Crippen molar-refractivity contribution in [2.45, 2.75) is 0 Å². The number of nitrogens with one attached hydrogen (secondary N) is 2. The first-order valence-electron chi connectivity index (χ1n) is 5.78. The van der Waals surface area contributed by atoms with Crippen LogP contribution in [0.3, 0.4) is 0 Å². The third kappa shape index (κ3) is 2.51. The lowest BCUT2D eigenvalue weighted by Crippen LogP contribution is -2.55. The highest BCUT2D eigenvalue weighted by atomic mass is 16.2. The average Bonchev–Trinajstić information content (AvgIpc) is 2.39. The van der Waals surface area contributed by atoms with E-state index >= 15 is 0 Å². The Balaban J connectivity index is 1.89. The number of rotatable bonds is 0. The Labute approximate surface area is 95.0 Å². The molecule has 6 nitrogen and oxygen atoms in total. The Hall–Kier alpha value is -1.14. The predicted octanol–water partition coefficient (Wildman–Crippen LogP) is -2.15. The van der Waals surface area contributed by atoms with Crippen LogP contribution in [0.4, 0.5) is 0 Å².